The lowest BCUT2D eigenvalue weighted by atomic mass is 10.1. The van der Waals surface area contributed by atoms with Crippen LogP contribution in [-0.4, -0.2) is 17.0 Å². The first-order valence-electron chi connectivity index (χ1n) is 5.09. The molecule has 0 aromatic carbocycles. The zero-order valence-electron chi connectivity index (χ0n) is 9.07. The molecule has 0 unspecified atom stereocenters. The molecule has 1 aromatic rings. The number of alkyl halides is 2. The number of aromatic nitrogens is 1. The minimum atomic E-state index is -3.02. The van der Waals surface area contributed by atoms with Gasteiger partial charge in [-0.25, -0.2) is 13.6 Å². The van der Waals surface area contributed by atoms with Crippen molar-refractivity contribution in [3.8, 4) is 0 Å². The van der Waals surface area contributed by atoms with Gasteiger partial charge in [-0.15, -0.1) is 0 Å². The maximum Gasteiger partial charge on any atom is 0.381 e. The van der Waals surface area contributed by atoms with Crippen LogP contribution in [0, 0.1) is 10.8 Å². The number of nitrogens with one attached hydrogen (secondary N) is 1. The van der Waals surface area contributed by atoms with E-state index in [1.54, 1.807) is 0 Å². The number of aromatic amines is 1. The molecule has 17 heavy (non-hydrogen) atoms. The number of pyridine rings is 1. The summed E-state index contributed by atoms with van der Waals surface area (Å²) in [4.78, 5) is 28.7. The first-order valence-corrected chi connectivity index (χ1v) is 5.09. The minimum Gasteiger partial charge on any atom is -0.323 e. The van der Waals surface area contributed by atoms with E-state index in [0.717, 1.165) is 19.4 Å². The maximum absolute atomic E-state index is 13.7. The summed E-state index contributed by atoms with van der Waals surface area (Å²) in [7, 11) is 1.05. The molecule has 2 rings (SSSR count). The molecule has 92 valence electrons. The molecular formula is C10H11F2N2O3+. The molecule has 1 fully saturated rings. The standard InChI is InChI=1S/C10H10F2N2O3/c1-17-14(16)8-4-7(5-13-9(8)15)10(11,12)6-2-3-6/h4-6H,2-3H2,1H3/p+1. The molecule has 1 heterocycles. The molecule has 0 amide bonds. The van der Waals surface area contributed by atoms with E-state index in [2.05, 4.69) is 9.82 Å². The second kappa shape index (κ2) is 3.90. The Labute approximate surface area is 94.9 Å². The Morgan fingerprint density at radius 2 is 2.18 bits per heavy atom. The van der Waals surface area contributed by atoms with E-state index in [4.69, 9.17) is 0 Å². The molecule has 0 bridgehead atoms. The van der Waals surface area contributed by atoms with Gasteiger partial charge in [0.15, 0.2) is 7.11 Å². The van der Waals surface area contributed by atoms with Crippen molar-refractivity contribution >= 4 is 5.69 Å². The molecule has 1 aromatic heterocycles. The maximum atomic E-state index is 13.7. The minimum absolute atomic E-state index is 0.0920. The number of nitrogens with zero attached hydrogens (tertiary/aromatic N) is 1. The van der Waals surface area contributed by atoms with Crippen LogP contribution < -0.4 is 5.56 Å². The van der Waals surface area contributed by atoms with E-state index >= 15 is 0 Å². The van der Waals surface area contributed by atoms with Crippen LogP contribution in [0.1, 0.15) is 18.4 Å². The fourth-order valence-electron chi connectivity index (χ4n) is 1.58. The van der Waals surface area contributed by atoms with Gasteiger partial charge in [-0.1, -0.05) is 0 Å². The average molecular weight is 245 g/mol. The van der Waals surface area contributed by atoms with Crippen LogP contribution in [0.4, 0.5) is 14.5 Å². The van der Waals surface area contributed by atoms with Gasteiger partial charge < -0.3 is 4.98 Å². The number of rotatable bonds is 4. The molecule has 5 nitrogen and oxygen atoms in total. The number of hydrogen-bond donors (Lipinski definition) is 1. The van der Waals surface area contributed by atoms with Crippen LogP contribution in [-0.2, 0) is 10.8 Å². The van der Waals surface area contributed by atoms with Gasteiger partial charge in [0.25, 0.3) is 10.8 Å². The number of halogens is 2. The Balaban J connectivity index is 2.43. The molecule has 7 heteroatoms. The molecule has 0 atom stereocenters. The van der Waals surface area contributed by atoms with Crippen LogP contribution >= 0.6 is 0 Å². The zero-order valence-corrected chi connectivity index (χ0v) is 9.07. The van der Waals surface area contributed by atoms with Crippen molar-refractivity contribution in [1.82, 2.24) is 4.98 Å². The van der Waals surface area contributed by atoms with Crippen molar-refractivity contribution < 1.29 is 18.5 Å². The first-order chi connectivity index (χ1) is 7.96. The predicted octanol–water partition coefficient (Wildman–Crippen LogP) is 1.85. The summed E-state index contributed by atoms with van der Waals surface area (Å²) in [5, 5.41) is 0. The summed E-state index contributed by atoms with van der Waals surface area (Å²) in [6, 6.07) is 0.869. The molecule has 1 aliphatic rings. The van der Waals surface area contributed by atoms with Crippen LogP contribution in [0.15, 0.2) is 17.1 Å². The molecule has 0 saturated heterocycles. The Morgan fingerprint density at radius 3 is 2.71 bits per heavy atom. The van der Waals surface area contributed by atoms with E-state index in [9.17, 15) is 18.5 Å². The van der Waals surface area contributed by atoms with Gasteiger partial charge in [0.05, 0.1) is 4.91 Å². The lowest BCUT2D eigenvalue weighted by Gasteiger charge is -2.14. The van der Waals surface area contributed by atoms with E-state index < -0.39 is 23.1 Å². The van der Waals surface area contributed by atoms with Crippen molar-refractivity contribution in [1.29, 1.82) is 0 Å². The normalized spacial score (nSPS) is 15.7. The van der Waals surface area contributed by atoms with Gasteiger partial charge >= 0.3 is 11.2 Å². The molecule has 1 N–H and O–H groups in total. The van der Waals surface area contributed by atoms with Gasteiger partial charge in [-0.05, 0) is 12.8 Å². The summed E-state index contributed by atoms with van der Waals surface area (Å²) in [5.41, 5.74) is -1.62. The van der Waals surface area contributed by atoms with E-state index in [0.29, 0.717) is 12.8 Å². The topological polar surface area (TPSA) is 62.2 Å². The quantitative estimate of drug-likeness (QED) is 0.823. The van der Waals surface area contributed by atoms with Gasteiger partial charge in [-0.2, -0.15) is 0 Å². The van der Waals surface area contributed by atoms with E-state index in [-0.39, 0.29) is 10.5 Å². The van der Waals surface area contributed by atoms with E-state index in [1.165, 1.54) is 0 Å². The van der Waals surface area contributed by atoms with E-state index in [1.807, 2.05) is 0 Å². The second-order valence-corrected chi connectivity index (χ2v) is 3.94. The van der Waals surface area contributed by atoms with Gasteiger partial charge in [-0.3, -0.25) is 4.79 Å². The molecule has 1 saturated carbocycles. The fourth-order valence-corrected chi connectivity index (χ4v) is 1.58. The summed E-state index contributed by atoms with van der Waals surface area (Å²) in [5.74, 6) is -3.73. The highest BCUT2D eigenvalue weighted by atomic mass is 19.3. The summed E-state index contributed by atoms with van der Waals surface area (Å²) in [6.45, 7) is 0. The third kappa shape index (κ3) is 2.04. The highest BCUT2D eigenvalue weighted by molar-refractivity contribution is 5.32. The molecule has 0 aliphatic heterocycles. The van der Waals surface area contributed by atoms with Gasteiger partial charge in [0, 0.05) is 23.7 Å². The third-order valence-corrected chi connectivity index (χ3v) is 2.72. The summed E-state index contributed by atoms with van der Waals surface area (Å²) in [6.07, 6.45) is 1.84. The molecule has 0 spiro atoms. The average Bonchev–Trinajstić information content (AvgIpc) is 3.12. The Bertz CT molecular complexity index is 509. The molecule has 1 aliphatic carbocycles. The lowest BCUT2D eigenvalue weighted by molar-refractivity contribution is -0.737. The van der Waals surface area contributed by atoms with Crippen molar-refractivity contribution in [2.24, 2.45) is 5.92 Å². The largest absolute Gasteiger partial charge is 0.381 e. The highest BCUT2D eigenvalue weighted by Gasteiger charge is 2.49. The van der Waals surface area contributed by atoms with Crippen LogP contribution in [0.3, 0.4) is 0 Å². The first kappa shape index (κ1) is 11.7. The Morgan fingerprint density at radius 1 is 1.53 bits per heavy atom. The fraction of sp³-hybridized carbons (Fsp3) is 0.500. The van der Waals surface area contributed by atoms with Gasteiger partial charge in [0.2, 0.25) is 0 Å². The van der Waals surface area contributed by atoms with Crippen LogP contribution in [0.5, 0.6) is 0 Å². The van der Waals surface area contributed by atoms with Crippen molar-refractivity contribution in [2.75, 3.05) is 7.11 Å². The second-order valence-electron chi connectivity index (χ2n) is 3.94. The van der Waals surface area contributed by atoms with Crippen molar-refractivity contribution in [3.63, 3.8) is 0 Å². The molecular weight excluding hydrogens is 234 g/mol. The Hall–Kier alpha value is -1.79. The lowest BCUT2D eigenvalue weighted by Crippen LogP contribution is -2.21. The third-order valence-electron chi connectivity index (χ3n) is 2.72. The van der Waals surface area contributed by atoms with Crippen molar-refractivity contribution in [2.45, 2.75) is 18.8 Å². The van der Waals surface area contributed by atoms with Crippen molar-refractivity contribution in [3.05, 3.63) is 33.1 Å². The summed E-state index contributed by atoms with van der Waals surface area (Å²) >= 11 is 0. The monoisotopic (exact) mass is 245 g/mol. The predicted molar refractivity (Wildman–Crippen MR) is 54.0 cm³/mol. The zero-order chi connectivity index (χ0) is 12.6. The van der Waals surface area contributed by atoms with Crippen LogP contribution in [0.25, 0.3) is 0 Å². The number of H-pyrrole nitrogens is 1. The Kier molecular flexibility index (Phi) is 2.68. The van der Waals surface area contributed by atoms with Crippen LogP contribution in [0.2, 0.25) is 0 Å². The summed E-state index contributed by atoms with van der Waals surface area (Å²) < 4.78 is 27.5. The van der Waals surface area contributed by atoms with Gasteiger partial charge in [0.1, 0.15) is 0 Å². The smallest absolute Gasteiger partial charge is 0.323 e. The highest BCUT2D eigenvalue weighted by Crippen LogP contribution is 2.49. The molecule has 0 radical (unpaired) electrons. The number of hydrogen-bond acceptors (Lipinski definition) is 3. The SMILES string of the molecule is CO[N+](=O)c1cc(C(F)(F)C2CC2)c[nH]c1=O.